The van der Waals surface area contributed by atoms with E-state index in [1.54, 1.807) is 11.0 Å². The van der Waals surface area contributed by atoms with Gasteiger partial charge in [-0.3, -0.25) is 4.79 Å². The highest BCUT2D eigenvalue weighted by atomic mass is 35.5. The zero-order valence-corrected chi connectivity index (χ0v) is 13.4. The number of hydrogen-bond donors (Lipinski definition) is 1. The third kappa shape index (κ3) is 3.11. The highest BCUT2D eigenvalue weighted by molar-refractivity contribution is 6.40. The van der Waals surface area contributed by atoms with E-state index in [0.29, 0.717) is 22.3 Å². The lowest BCUT2D eigenvalue weighted by molar-refractivity contribution is -0.121. The number of halogens is 2. The molecule has 20 heavy (non-hydrogen) atoms. The van der Waals surface area contributed by atoms with Crippen molar-refractivity contribution in [2.24, 2.45) is 0 Å². The van der Waals surface area contributed by atoms with Gasteiger partial charge in [0.15, 0.2) is 0 Å². The van der Waals surface area contributed by atoms with Crippen LogP contribution >= 0.6 is 23.2 Å². The van der Waals surface area contributed by atoms with Crippen molar-refractivity contribution in [3.05, 3.63) is 27.7 Å². The number of aryl methyl sites for hydroxylation is 1. The summed E-state index contributed by atoms with van der Waals surface area (Å²) in [5.74, 6) is 0.0686. The summed E-state index contributed by atoms with van der Waals surface area (Å²) in [6.07, 6.45) is 2.83. The van der Waals surface area contributed by atoms with Crippen LogP contribution < -0.4 is 10.2 Å². The molecule has 0 aliphatic carbocycles. The third-order valence-electron chi connectivity index (χ3n) is 3.61. The summed E-state index contributed by atoms with van der Waals surface area (Å²) in [5, 5.41) is 4.40. The molecule has 2 rings (SSSR count). The van der Waals surface area contributed by atoms with E-state index >= 15 is 0 Å². The Morgan fingerprint density at radius 3 is 2.85 bits per heavy atom. The monoisotopic (exact) mass is 314 g/mol. The summed E-state index contributed by atoms with van der Waals surface area (Å²) in [5.41, 5.74) is 1.59. The molecule has 1 aliphatic rings. The number of piperidine rings is 1. The molecule has 0 aromatic heterocycles. The van der Waals surface area contributed by atoms with Gasteiger partial charge in [0.1, 0.15) is 0 Å². The second-order valence-electron chi connectivity index (χ2n) is 5.17. The zero-order chi connectivity index (χ0) is 14.7. The van der Waals surface area contributed by atoms with Gasteiger partial charge in [0.2, 0.25) is 5.91 Å². The van der Waals surface area contributed by atoms with Gasteiger partial charge < -0.3 is 10.2 Å². The van der Waals surface area contributed by atoms with Gasteiger partial charge in [-0.2, -0.15) is 0 Å². The number of rotatable bonds is 4. The molecule has 3 nitrogen and oxygen atoms in total. The SMILES string of the molecule is CCCNC1CCCN(c2c(Cl)ccc(C)c2Cl)C1=O. The maximum atomic E-state index is 12.6. The van der Waals surface area contributed by atoms with Crippen LogP contribution in [0.2, 0.25) is 10.0 Å². The van der Waals surface area contributed by atoms with E-state index in [1.807, 2.05) is 13.0 Å². The lowest BCUT2D eigenvalue weighted by atomic mass is 10.0. The van der Waals surface area contributed by atoms with Crippen molar-refractivity contribution >= 4 is 34.8 Å². The molecule has 1 saturated heterocycles. The van der Waals surface area contributed by atoms with Crippen LogP contribution in [0.4, 0.5) is 5.69 Å². The number of anilines is 1. The third-order valence-corrected chi connectivity index (χ3v) is 4.39. The molecule has 1 aromatic rings. The van der Waals surface area contributed by atoms with E-state index < -0.39 is 0 Å². The van der Waals surface area contributed by atoms with E-state index in [-0.39, 0.29) is 11.9 Å². The van der Waals surface area contributed by atoms with Crippen LogP contribution in [0.25, 0.3) is 0 Å². The number of carbonyl (C=O) groups is 1. The second-order valence-corrected chi connectivity index (χ2v) is 5.95. The molecule has 1 aliphatic heterocycles. The molecule has 1 fully saturated rings. The molecule has 1 N–H and O–H groups in total. The lowest BCUT2D eigenvalue weighted by Gasteiger charge is -2.34. The molecule has 1 amide bonds. The van der Waals surface area contributed by atoms with Crippen molar-refractivity contribution in [1.29, 1.82) is 0 Å². The summed E-state index contributed by atoms with van der Waals surface area (Å²) >= 11 is 12.6. The van der Waals surface area contributed by atoms with Crippen molar-refractivity contribution in [2.75, 3.05) is 18.0 Å². The minimum Gasteiger partial charge on any atom is -0.308 e. The van der Waals surface area contributed by atoms with Crippen molar-refractivity contribution in [3.63, 3.8) is 0 Å². The summed E-state index contributed by atoms with van der Waals surface area (Å²) in [4.78, 5) is 14.3. The average molecular weight is 315 g/mol. The van der Waals surface area contributed by atoms with Crippen LogP contribution in [0.1, 0.15) is 31.7 Å². The molecule has 0 saturated carbocycles. The molecule has 110 valence electrons. The zero-order valence-electron chi connectivity index (χ0n) is 11.9. The summed E-state index contributed by atoms with van der Waals surface area (Å²) < 4.78 is 0. The Kier molecular flexibility index (Phi) is 5.30. The fraction of sp³-hybridized carbons (Fsp3) is 0.533. The fourth-order valence-electron chi connectivity index (χ4n) is 2.49. The number of amides is 1. The largest absolute Gasteiger partial charge is 0.308 e. The Bertz CT molecular complexity index is 505. The Balaban J connectivity index is 2.28. The first kappa shape index (κ1) is 15.6. The number of carbonyl (C=O) groups excluding carboxylic acids is 1. The van der Waals surface area contributed by atoms with Gasteiger partial charge in [-0.15, -0.1) is 0 Å². The van der Waals surface area contributed by atoms with E-state index in [2.05, 4.69) is 12.2 Å². The number of hydrogen-bond acceptors (Lipinski definition) is 2. The predicted octanol–water partition coefficient (Wildman–Crippen LogP) is 3.80. The molecule has 1 aromatic carbocycles. The molecule has 0 radical (unpaired) electrons. The van der Waals surface area contributed by atoms with Crippen molar-refractivity contribution in [2.45, 2.75) is 39.2 Å². The normalized spacial score (nSPS) is 19.5. The smallest absolute Gasteiger partial charge is 0.244 e. The average Bonchev–Trinajstić information content (AvgIpc) is 2.44. The standard InChI is InChI=1S/C15H20Cl2N2O/c1-3-8-18-12-5-4-9-19(15(12)20)14-11(16)7-6-10(2)13(14)17/h6-7,12,18H,3-5,8-9H2,1-2H3. The summed E-state index contributed by atoms with van der Waals surface area (Å²) in [6.45, 7) is 5.53. The predicted molar refractivity (Wildman–Crippen MR) is 84.9 cm³/mol. The molecule has 0 spiro atoms. The quantitative estimate of drug-likeness (QED) is 0.916. The van der Waals surface area contributed by atoms with Crippen molar-refractivity contribution in [3.8, 4) is 0 Å². The molecule has 1 atom stereocenters. The molecule has 1 unspecified atom stereocenters. The lowest BCUT2D eigenvalue weighted by Crippen LogP contribution is -2.51. The summed E-state index contributed by atoms with van der Waals surface area (Å²) in [6, 6.07) is 3.54. The molecule has 1 heterocycles. The van der Waals surface area contributed by atoms with Crippen LogP contribution in [0, 0.1) is 6.92 Å². The van der Waals surface area contributed by atoms with Crippen LogP contribution in [0.15, 0.2) is 12.1 Å². The van der Waals surface area contributed by atoms with Gasteiger partial charge in [0.25, 0.3) is 0 Å². The molecular weight excluding hydrogens is 295 g/mol. The highest BCUT2D eigenvalue weighted by Crippen LogP contribution is 2.37. The Morgan fingerprint density at radius 2 is 2.15 bits per heavy atom. The van der Waals surface area contributed by atoms with Crippen LogP contribution in [-0.4, -0.2) is 25.0 Å². The van der Waals surface area contributed by atoms with E-state index in [1.165, 1.54) is 0 Å². The van der Waals surface area contributed by atoms with Gasteiger partial charge in [-0.05, 0) is 44.4 Å². The highest BCUT2D eigenvalue weighted by Gasteiger charge is 2.31. The van der Waals surface area contributed by atoms with Gasteiger partial charge in [-0.25, -0.2) is 0 Å². The fourth-order valence-corrected chi connectivity index (χ4v) is 3.07. The maximum Gasteiger partial charge on any atom is 0.244 e. The topological polar surface area (TPSA) is 32.3 Å². The first-order chi connectivity index (χ1) is 9.56. The Morgan fingerprint density at radius 1 is 1.40 bits per heavy atom. The van der Waals surface area contributed by atoms with Crippen molar-refractivity contribution in [1.82, 2.24) is 5.32 Å². The van der Waals surface area contributed by atoms with Gasteiger partial charge >= 0.3 is 0 Å². The van der Waals surface area contributed by atoms with Gasteiger partial charge in [0.05, 0.1) is 21.8 Å². The van der Waals surface area contributed by atoms with Crippen LogP contribution in [-0.2, 0) is 4.79 Å². The van der Waals surface area contributed by atoms with E-state index in [0.717, 1.165) is 31.4 Å². The number of nitrogens with zero attached hydrogens (tertiary/aromatic N) is 1. The first-order valence-corrected chi connectivity index (χ1v) is 7.81. The molecule has 0 bridgehead atoms. The minimum atomic E-state index is -0.128. The maximum absolute atomic E-state index is 12.6. The number of nitrogens with one attached hydrogen (secondary N) is 1. The van der Waals surface area contributed by atoms with Gasteiger partial charge in [-0.1, -0.05) is 36.2 Å². The van der Waals surface area contributed by atoms with E-state index in [9.17, 15) is 4.79 Å². The first-order valence-electron chi connectivity index (χ1n) is 7.05. The minimum absolute atomic E-state index is 0.0686. The van der Waals surface area contributed by atoms with E-state index in [4.69, 9.17) is 23.2 Å². The van der Waals surface area contributed by atoms with Crippen LogP contribution in [0.5, 0.6) is 0 Å². The Hall–Kier alpha value is -0.770. The second kappa shape index (κ2) is 6.79. The summed E-state index contributed by atoms with van der Waals surface area (Å²) in [7, 11) is 0. The molecular formula is C15H20Cl2N2O. The number of benzene rings is 1. The Labute approximate surface area is 130 Å². The van der Waals surface area contributed by atoms with Crippen LogP contribution in [0.3, 0.4) is 0 Å². The van der Waals surface area contributed by atoms with Gasteiger partial charge in [0, 0.05) is 6.54 Å². The van der Waals surface area contributed by atoms with Crippen molar-refractivity contribution < 1.29 is 4.79 Å². The molecule has 5 heteroatoms.